The normalized spacial score (nSPS) is 12.2. The zero-order chi connectivity index (χ0) is 15.6. The number of rotatable bonds is 4. The van der Waals surface area contributed by atoms with E-state index in [9.17, 15) is 4.79 Å². The Morgan fingerprint density at radius 3 is 2.76 bits per heavy atom. The van der Waals surface area contributed by atoms with Crippen LogP contribution in [0.1, 0.15) is 40.8 Å². The highest BCUT2D eigenvalue weighted by atomic mass is 35.5. The van der Waals surface area contributed by atoms with Crippen molar-refractivity contribution in [3.63, 3.8) is 0 Å². The van der Waals surface area contributed by atoms with Gasteiger partial charge in [0.2, 0.25) is 0 Å². The number of aromatic nitrogens is 2. The molecule has 112 valence electrons. The summed E-state index contributed by atoms with van der Waals surface area (Å²) in [7, 11) is 1.75. The first kappa shape index (κ1) is 16.2. The van der Waals surface area contributed by atoms with Crippen LogP contribution in [0.15, 0.2) is 18.2 Å². The van der Waals surface area contributed by atoms with Crippen molar-refractivity contribution in [2.45, 2.75) is 26.3 Å². The van der Waals surface area contributed by atoms with Crippen LogP contribution in [0.2, 0.25) is 10.0 Å². The molecule has 4 nitrogen and oxygen atoms in total. The van der Waals surface area contributed by atoms with Crippen LogP contribution < -0.4 is 0 Å². The number of hydrogen-bond acceptors (Lipinski definition) is 4. The van der Waals surface area contributed by atoms with Crippen LogP contribution >= 0.6 is 34.7 Å². The Kier molecular flexibility index (Phi) is 5.19. The molecule has 1 amide bonds. The molecule has 0 aliphatic rings. The molecule has 7 heteroatoms. The molecule has 1 heterocycles. The van der Waals surface area contributed by atoms with Gasteiger partial charge in [-0.15, -0.1) is 5.10 Å². The predicted molar refractivity (Wildman–Crippen MR) is 86.3 cm³/mol. The molecule has 1 atom stereocenters. The van der Waals surface area contributed by atoms with E-state index in [4.69, 9.17) is 23.2 Å². The summed E-state index contributed by atoms with van der Waals surface area (Å²) in [4.78, 5) is 14.8. The average Bonchev–Trinajstić information content (AvgIpc) is 2.93. The van der Waals surface area contributed by atoms with Gasteiger partial charge in [0.1, 0.15) is 4.88 Å². The van der Waals surface area contributed by atoms with Crippen LogP contribution in [0.5, 0.6) is 0 Å². The average molecular weight is 344 g/mol. The minimum Gasteiger partial charge on any atom is -0.334 e. The van der Waals surface area contributed by atoms with Crippen molar-refractivity contribution in [2.24, 2.45) is 0 Å². The van der Waals surface area contributed by atoms with Gasteiger partial charge < -0.3 is 4.90 Å². The summed E-state index contributed by atoms with van der Waals surface area (Å²) in [6.45, 7) is 3.88. The lowest BCUT2D eigenvalue weighted by Crippen LogP contribution is -2.29. The van der Waals surface area contributed by atoms with Gasteiger partial charge in [0.25, 0.3) is 5.91 Å². The number of hydrogen-bond donors (Lipinski definition) is 0. The lowest BCUT2D eigenvalue weighted by Gasteiger charge is -2.25. The van der Waals surface area contributed by atoms with E-state index in [1.807, 2.05) is 19.9 Å². The van der Waals surface area contributed by atoms with Crippen molar-refractivity contribution >= 4 is 40.6 Å². The topological polar surface area (TPSA) is 46.1 Å². The minimum atomic E-state index is -0.172. The fraction of sp³-hybridized carbons (Fsp3) is 0.357. The second-order valence-electron chi connectivity index (χ2n) is 4.66. The Hall–Kier alpha value is -1.17. The van der Waals surface area contributed by atoms with Gasteiger partial charge in [0.05, 0.1) is 11.7 Å². The smallest absolute Gasteiger partial charge is 0.267 e. The highest BCUT2D eigenvalue weighted by Crippen LogP contribution is 2.30. The second kappa shape index (κ2) is 6.73. The lowest BCUT2D eigenvalue weighted by atomic mass is 10.1. The van der Waals surface area contributed by atoms with Crippen LogP contribution in [0.4, 0.5) is 0 Å². The molecule has 0 saturated carbocycles. The summed E-state index contributed by atoms with van der Waals surface area (Å²) < 4.78 is 3.86. The Labute approximate surface area is 137 Å². The number of nitrogens with zero attached hydrogens (tertiary/aromatic N) is 3. The summed E-state index contributed by atoms with van der Waals surface area (Å²) >= 11 is 13.2. The van der Waals surface area contributed by atoms with Crippen LogP contribution in [-0.4, -0.2) is 27.4 Å². The largest absolute Gasteiger partial charge is 0.334 e. The van der Waals surface area contributed by atoms with Crippen molar-refractivity contribution in [1.82, 2.24) is 14.5 Å². The van der Waals surface area contributed by atoms with E-state index in [1.54, 1.807) is 24.1 Å². The third-order valence-electron chi connectivity index (χ3n) is 3.40. The lowest BCUT2D eigenvalue weighted by molar-refractivity contribution is 0.0746. The van der Waals surface area contributed by atoms with Crippen molar-refractivity contribution in [3.05, 3.63) is 44.4 Å². The van der Waals surface area contributed by atoms with Gasteiger partial charge in [-0.3, -0.25) is 4.79 Å². The van der Waals surface area contributed by atoms with E-state index in [1.165, 1.54) is 0 Å². The standard InChI is InChI=1S/C14H15Cl2N3OS/c1-4-12-13(21-18-17-12)14(20)19(3)8(2)10-6-5-9(15)7-11(10)16/h5-8H,4H2,1-3H3. The summed E-state index contributed by atoms with van der Waals surface area (Å²) in [5, 5.41) is 5.10. The third kappa shape index (κ3) is 3.36. The van der Waals surface area contributed by atoms with Crippen LogP contribution in [0.3, 0.4) is 0 Å². The van der Waals surface area contributed by atoms with Crippen LogP contribution in [0.25, 0.3) is 0 Å². The molecule has 1 unspecified atom stereocenters. The maximum atomic E-state index is 12.6. The molecule has 0 spiro atoms. The van der Waals surface area contributed by atoms with E-state index < -0.39 is 0 Å². The molecule has 0 radical (unpaired) electrons. The monoisotopic (exact) mass is 343 g/mol. The molecule has 0 aliphatic heterocycles. The quantitative estimate of drug-likeness (QED) is 0.833. The van der Waals surface area contributed by atoms with E-state index >= 15 is 0 Å². The number of aryl methyl sites for hydroxylation is 1. The molecule has 1 aromatic heterocycles. The second-order valence-corrected chi connectivity index (χ2v) is 6.26. The highest BCUT2D eigenvalue weighted by molar-refractivity contribution is 7.08. The first-order valence-electron chi connectivity index (χ1n) is 6.49. The Morgan fingerprint density at radius 1 is 1.43 bits per heavy atom. The van der Waals surface area contributed by atoms with Gasteiger partial charge in [-0.1, -0.05) is 40.7 Å². The molecule has 1 aromatic carbocycles. The number of amides is 1. The minimum absolute atomic E-state index is 0.0969. The van der Waals surface area contributed by atoms with Crippen molar-refractivity contribution in [3.8, 4) is 0 Å². The summed E-state index contributed by atoms with van der Waals surface area (Å²) in [6.07, 6.45) is 0.682. The van der Waals surface area contributed by atoms with E-state index in [0.29, 0.717) is 21.3 Å². The summed E-state index contributed by atoms with van der Waals surface area (Å²) in [6, 6.07) is 5.11. The summed E-state index contributed by atoms with van der Waals surface area (Å²) in [5.41, 5.74) is 1.58. The third-order valence-corrected chi connectivity index (χ3v) is 4.72. The van der Waals surface area contributed by atoms with E-state index in [-0.39, 0.29) is 11.9 Å². The fourth-order valence-electron chi connectivity index (χ4n) is 1.99. The Balaban J connectivity index is 2.26. The van der Waals surface area contributed by atoms with Gasteiger partial charge >= 0.3 is 0 Å². The van der Waals surface area contributed by atoms with Gasteiger partial charge in [0, 0.05) is 17.1 Å². The zero-order valence-corrected chi connectivity index (χ0v) is 14.3. The van der Waals surface area contributed by atoms with Crippen LogP contribution in [-0.2, 0) is 6.42 Å². The number of carbonyl (C=O) groups is 1. The zero-order valence-electron chi connectivity index (χ0n) is 11.9. The maximum Gasteiger partial charge on any atom is 0.267 e. The van der Waals surface area contributed by atoms with Gasteiger partial charge in [-0.05, 0) is 42.6 Å². The molecule has 0 N–H and O–H groups in total. The van der Waals surface area contributed by atoms with Crippen molar-refractivity contribution in [1.29, 1.82) is 0 Å². The molecule has 2 rings (SSSR count). The molecule has 0 aliphatic carbocycles. The molecule has 21 heavy (non-hydrogen) atoms. The SMILES string of the molecule is CCc1nnsc1C(=O)N(C)C(C)c1ccc(Cl)cc1Cl. The number of carbonyl (C=O) groups excluding carboxylic acids is 1. The maximum absolute atomic E-state index is 12.6. The predicted octanol–water partition coefficient (Wildman–Crippen LogP) is 4.24. The first-order chi connectivity index (χ1) is 9.95. The first-order valence-corrected chi connectivity index (χ1v) is 8.02. The van der Waals surface area contributed by atoms with Crippen molar-refractivity contribution in [2.75, 3.05) is 7.05 Å². The number of halogens is 2. The molecule has 2 aromatic rings. The van der Waals surface area contributed by atoms with Gasteiger partial charge in [-0.25, -0.2) is 0 Å². The summed E-state index contributed by atoms with van der Waals surface area (Å²) in [5.74, 6) is -0.0969. The molecule has 0 fully saturated rings. The van der Waals surface area contributed by atoms with Gasteiger partial charge in [-0.2, -0.15) is 0 Å². The van der Waals surface area contributed by atoms with E-state index in [2.05, 4.69) is 9.59 Å². The Morgan fingerprint density at radius 2 is 2.14 bits per heavy atom. The molecule has 0 bridgehead atoms. The molecular weight excluding hydrogens is 329 g/mol. The molecular formula is C14H15Cl2N3OS. The van der Waals surface area contributed by atoms with Crippen LogP contribution in [0, 0.1) is 0 Å². The van der Waals surface area contributed by atoms with E-state index in [0.717, 1.165) is 22.8 Å². The fourth-order valence-corrected chi connectivity index (χ4v) is 3.29. The molecule has 0 saturated heterocycles. The number of benzene rings is 1. The highest BCUT2D eigenvalue weighted by Gasteiger charge is 2.24. The van der Waals surface area contributed by atoms with Crippen molar-refractivity contribution < 1.29 is 4.79 Å². The Bertz CT molecular complexity index is 659. The van der Waals surface area contributed by atoms with Gasteiger partial charge in [0.15, 0.2) is 0 Å².